The third-order valence-corrected chi connectivity index (χ3v) is 2.73. The van der Waals surface area contributed by atoms with E-state index in [4.69, 9.17) is 6.42 Å². The maximum atomic E-state index is 11.6. The fraction of sp³-hybridized carbons (Fsp3) is 0.182. The largest absolute Gasteiger partial charge is 0.355 e. The van der Waals surface area contributed by atoms with E-state index in [-0.39, 0.29) is 5.69 Å². The van der Waals surface area contributed by atoms with Crippen LogP contribution in [0.15, 0.2) is 28.3 Å². The monoisotopic (exact) mass is 231 g/mol. The Balaban J connectivity index is 2.57. The van der Waals surface area contributed by atoms with E-state index in [1.807, 2.05) is 19.1 Å². The number of aromatic nitrogens is 3. The molecule has 4 nitrogen and oxygen atoms in total. The van der Waals surface area contributed by atoms with Gasteiger partial charge in [-0.1, -0.05) is 17.7 Å². The zero-order valence-corrected chi connectivity index (χ0v) is 9.49. The van der Waals surface area contributed by atoms with Gasteiger partial charge in [0.2, 0.25) is 0 Å². The zero-order valence-electron chi connectivity index (χ0n) is 8.67. The molecule has 0 unspecified atom stereocenters. The van der Waals surface area contributed by atoms with Crippen LogP contribution >= 0.6 is 11.8 Å². The van der Waals surface area contributed by atoms with Gasteiger partial charge < -0.3 is 0 Å². The molecule has 0 saturated heterocycles. The molecular weight excluding hydrogens is 222 g/mol. The molecule has 0 aromatic carbocycles. The molecule has 0 spiro atoms. The summed E-state index contributed by atoms with van der Waals surface area (Å²) in [4.78, 5) is 19.7. The summed E-state index contributed by atoms with van der Waals surface area (Å²) in [6, 6.07) is 3.68. The van der Waals surface area contributed by atoms with Gasteiger partial charge >= 0.3 is 5.69 Å². The minimum atomic E-state index is -0.329. The number of nitrogens with zero attached hydrogens (tertiary/aromatic N) is 3. The van der Waals surface area contributed by atoms with Gasteiger partial charge in [0.1, 0.15) is 5.65 Å². The highest BCUT2D eigenvalue weighted by Crippen LogP contribution is 2.11. The number of terminal acetylenes is 1. The van der Waals surface area contributed by atoms with Crippen molar-refractivity contribution < 1.29 is 0 Å². The van der Waals surface area contributed by atoms with E-state index in [1.165, 1.54) is 16.2 Å². The Bertz CT molecular complexity index is 627. The molecule has 2 heterocycles. The lowest BCUT2D eigenvalue weighted by atomic mass is 10.3. The summed E-state index contributed by atoms with van der Waals surface area (Å²) in [5.41, 5.74) is 1.31. The fourth-order valence-corrected chi connectivity index (χ4v) is 1.78. The molecule has 2 aromatic rings. The summed E-state index contributed by atoms with van der Waals surface area (Å²) in [6.45, 7) is 1.95. The highest BCUT2D eigenvalue weighted by Gasteiger charge is 2.03. The molecule has 0 aliphatic heterocycles. The van der Waals surface area contributed by atoms with Crippen molar-refractivity contribution >= 4 is 17.4 Å². The second-order valence-electron chi connectivity index (χ2n) is 3.21. The van der Waals surface area contributed by atoms with Crippen LogP contribution in [-0.4, -0.2) is 20.1 Å². The van der Waals surface area contributed by atoms with Gasteiger partial charge in [0, 0.05) is 6.20 Å². The Labute approximate surface area is 96.7 Å². The maximum Gasteiger partial charge on any atom is 0.355 e. The van der Waals surface area contributed by atoms with Gasteiger partial charge in [-0.05, 0) is 24.6 Å². The van der Waals surface area contributed by atoms with Crippen LogP contribution in [0, 0.1) is 19.3 Å². The van der Waals surface area contributed by atoms with Gasteiger partial charge in [-0.15, -0.1) is 6.42 Å². The van der Waals surface area contributed by atoms with Gasteiger partial charge in [-0.25, -0.2) is 9.78 Å². The van der Waals surface area contributed by atoms with E-state index in [0.29, 0.717) is 16.6 Å². The Morgan fingerprint density at radius 2 is 2.38 bits per heavy atom. The SMILES string of the molecule is C#CCSc1nc(=O)n2ccc(C)cc2n1. The maximum absolute atomic E-state index is 11.6. The van der Waals surface area contributed by atoms with E-state index in [9.17, 15) is 4.79 Å². The quantitative estimate of drug-likeness (QED) is 0.574. The van der Waals surface area contributed by atoms with Gasteiger partial charge in [0.25, 0.3) is 0 Å². The molecule has 80 valence electrons. The van der Waals surface area contributed by atoms with Crippen LogP contribution in [0.1, 0.15) is 5.56 Å². The molecule has 0 saturated carbocycles. The summed E-state index contributed by atoms with van der Waals surface area (Å²) in [6.07, 6.45) is 6.81. The minimum absolute atomic E-state index is 0.329. The number of pyridine rings is 1. The first-order valence-corrected chi connectivity index (χ1v) is 5.62. The van der Waals surface area contributed by atoms with Crippen molar-refractivity contribution in [2.75, 3.05) is 5.75 Å². The van der Waals surface area contributed by atoms with Crippen molar-refractivity contribution in [3.63, 3.8) is 0 Å². The van der Waals surface area contributed by atoms with E-state index in [1.54, 1.807) is 6.20 Å². The summed E-state index contributed by atoms with van der Waals surface area (Å²) < 4.78 is 1.41. The average molecular weight is 231 g/mol. The van der Waals surface area contributed by atoms with Crippen LogP contribution in [-0.2, 0) is 0 Å². The van der Waals surface area contributed by atoms with Gasteiger partial charge in [0.05, 0.1) is 5.75 Å². The molecule has 0 fully saturated rings. The molecule has 0 aliphatic carbocycles. The van der Waals surface area contributed by atoms with Crippen molar-refractivity contribution in [3.8, 4) is 12.3 Å². The topological polar surface area (TPSA) is 47.3 Å². The van der Waals surface area contributed by atoms with E-state index in [0.717, 1.165) is 5.56 Å². The predicted molar refractivity (Wildman–Crippen MR) is 63.6 cm³/mol. The van der Waals surface area contributed by atoms with Crippen LogP contribution in [0.5, 0.6) is 0 Å². The lowest BCUT2D eigenvalue weighted by molar-refractivity contribution is 0.846. The molecule has 2 rings (SSSR count). The Hall–Kier alpha value is -1.80. The number of rotatable bonds is 2. The molecule has 0 aliphatic rings. The normalized spacial score (nSPS) is 10.2. The number of aryl methyl sites for hydroxylation is 1. The highest BCUT2D eigenvalue weighted by atomic mass is 32.2. The third-order valence-electron chi connectivity index (χ3n) is 1.98. The summed E-state index contributed by atoms with van der Waals surface area (Å²) in [5.74, 6) is 2.93. The minimum Gasteiger partial charge on any atom is -0.251 e. The van der Waals surface area contributed by atoms with Crippen LogP contribution < -0.4 is 5.69 Å². The zero-order chi connectivity index (χ0) is 11.5. The summed E-state index contributed by atoms with van der Waals surface area (Å²) in [7, 11) is 0. The fourth-order valence-electron chi connectivity index (χ4n) is 1.27. The standard InChI is InChI=1S/C11H9N3OS/c1-3-6-16-10-12-9-7-8(2)4-5-14(9)11(15)13-10/h1,4-5,7H,6H2,2H3. The smallest absolute Gasteiger partial charge is 0.251 e. The Kier molecular flexibility index (Phi) is 2.93. The first kappa shape index (κ1) is 10.7. The molecule has 0 bridgehead atoms. The van der Waals surface area contributed by atoms with E-state index < -0.39 is 0 Å². The predicted octanol–water partition coefficient (Wildman–Crippen LogP) is 1.12. The van der Waals surface area contributed by atoms with Crippen LogP contribution in [0.4, 0.5) is 0 Å². The average Bonchev–Trinajstić information content (AvgIpc) is 2.25. The first-order chi connectivity index (χ1) is 7.70. The number of fused-ring (bicyclic) bond motifs is 1. The van der Waals surface area contributed by atoms with E-state index >= 15 is 0 Å². The highest BCUT2D eigenvalue weighted by molar-refractivity contribution is 7.99. The van der Waals surface area contributed by atoms with Crippen molar-refractivity contribution in [3.05, 3.63) is 34.4 Å². The molecule has 0 N–H and O–H groups in total. The molecule has 0 amide bonds. The Morgan fingerprint density at radius 3 is 3.12 bits per heavy atom. The summed E-state index contributed by atoms with van der Waals surface area (Å²) >= 11 is 1.28. The van der Waals surface area contributed by atoms with Crippen molar-refractivity contribution in [1.82, 2.24) is 14.4 Å². The lowest BCUT2D eigenvalue weighted by Gasteiger charge is -2.01. The molecule has 0 atom stereocenters. The number of hydrogen-bond acceptors (Lipinski definition) is 4. The first-order valence-electron chi connectivity index (χ1n) is 4.64. The van der Waals surface area contributed by atoms with Gasteiger partial charge in [-0.2, -0.15) is 4.98 Å². The molecule has 5 heteroatoms. The second kappa shape index (κ2) is 4.37. The van der Waals surface area contributed by atoms with Crippen LogP contribution in [0.3, 0.4) is 0 Å². The summed E-state index contributed by atoms with van der Waals surface area (Å²) in [5, 5.41) is 0.425. The molecule has 0 radical (unpaired) electrons. The van der Waals surface area contributed by atoms with Crippen molar-refractivity contribution in [2.45, 2.75) is 12.1 Å². The van der Waals surface area contributed by atoms with Crippen LogP contribution in [0.25, 0.3) is 5.65 Å². The molecular formula is C11H9N3OS. The lowest BCUT2D eigenvalue weighted by Crippen LogP contribution is -2.19. The van der Waals surface area contributed by atoms with Gasteiger partial charge in [-0.3, -0.25) is 4.40 Å². The third kappa shape index (κ3) is 2.07. The number of thioether (sulfide) groups is 1. The molecule has 2 aromatic heterocycles. The van der Waals surface area contributed by atoms with Crippen molar-refractivity contribution in [1.29, 1.82) is 0 Å². The van der Waals surface area contributed by atoms with Crippen LogP contribution in [0.2, 0.25) is 0 Å². The van der Waals surface area contributed by atoms with Crippen molar-refractivity contribution in [2.24, 2.45) is 0 Å². The molecule has 16 heavy (non-hydrogen) atoms. The Morgan fingerprint density at radius 1 is 1.56 bits per heavy atom. The van der Waals surface area contributed by atoms with E-state index in [2.05, 4.69) is 15.9 Å². The number of hydrogen-bond donors (Lipinski definition) is 0. The van der Waals surface area contributed by atoms with Gasteiger partial charge in [0.15, 0.2) is 5.16 Å². The second-order valence-corrected chi connectivity index (χ2v) is 4.16.